The van der Waals surface area contributed by atoms with Gasteiger partial charge in [0.05, 0.1) is 23.1 Å². The van der Waals surface area contributed by atoms with Gasteiger partial charge < -0.3 is 25.2 Å². The molecule has 2 heterocycles. The summed E-state index contributed by atoms with van der Waals surface area (Å²) >= 11 is 12.3. The number of carbonyl (C=O) groups excluding carboxylic acids is 4. The second-order valence-electron chi connectivity index (χ2n) is 10.4. The van der Waals surface area contributed by atoms with E-state index in [2.05, 4.69) is 17.2 Å². The fraction of sp³-hybridized carbons (Fsp3) is 0.400. The molecule has 0 unspecified atom stereocenters. The minimum atomic E-state index is -0.792. The average Bonchev–Trinajstić information content (AvgIpc) is 2.98. The third kappa shape index (κ3) is 8.19. The van der Waals surface area contributed by atoms with E-state index in [9.17, 15) is 19.2 Å². The summed E-state index contributed by atoms with van der Waals surface area (Å²) in [7, 11) is 1.68. The molecule has 0 radical (unpaired) electrons. The Morgan fingerprint density at radius 3 is 2.53 bits per heavy atom. The zero-order valence-corrected chi connectivity index (χ0v) is 25.5. The molecule has 2 saturated heterocycles. The molecule has 2 fully saturated rings. The van der Waals surface area contributed by atoms with Gasteiger partial charge in [0.1, 0.15) is 18.8 Å². The summed E-state index contributed by atoms with van der Waals surface area (Å²) in [6.07, 6.45) is 1.67. The van der Waals surface area contributed by atoms with Crippen LogP contribution < -0.4 is 10.6 Å². The van der Waals surface area contributed by atoms with Crippen molar-refractivity contribution in [3.8, 4) is 0 Å². The van der Waals surface area contributed by atoms with Crippen LogP contribution in [0.4, 0.5) is 9.59 Å². The summed E-state index contributed by atoms with van der Waals surface area (Å²) in [6.45, 7) is 4.56. The molecule has 2 aromatic carbocycles. The molecular formula is C30H36Cl2N6O5. The van der Waals surface area contributed by atoms with Crippen LogP contribution in [0.25, 0.3) is 0 Å². The van der Waals surface area contributed by atoms with Gasteiger partial charge in [0.15, 0.2) is 0 Å². The molecule has 2 aliphatic heterocycles. The van der Waals surface area contributed by atoms with Gasteiger partial charge in [-0.3, -0.25) is 9.59 Å². The Morgan fingerprint density at radius 2 is 1.81 bits per heavy atom. The highest BCUT2D eigenvalue weighted by Crippen LogP contribution is 2.30. The Bertz CT molecular complexity index is 1330. The summed E-state index contributed by atoms with van der Waals surface area (Å²) in [5.41, 5.74) is 1.70. The molecule has 0 aliphatic carbocycles. The number of ether oxygens (including phenoxy) is 1. The average molecular weight is 632 g/mol. The first kappa shape index (κ1) is 32.1. The number of piperazine rings is 1. The molecule has 230 valence electrons. The number of hydrogen-bond acceptors (Lipinski definition) is 6. The normalized spacial score (nSPS) is 18.7. The Hall–Kier alpha value is -3.80. The Labute approximate surface area is 261 Å². The third-order valence-electron chi connectivity index (χ3n) is 7.30. The number of benzene rings is 2. The number of carbonyl (C=O) groups is 4. The molecule has 0 bridgehead atoms. The number of likely N-dealkylation sites (N-methyl/N-ethyl adjacent to an activating group) is 1. The first-order valence-electron chi connectivity index (χ1n) is 14.1. The Balaban J connectivity index is 1.52. The van der Waals surface area contributed by atoms with Gasteiger partial charge in [0, 0.05) is 26.7 Å². The zero-order chi connectivity index (χ0) is 30.9. The number of hydrogen-bond donors (Lipinski definition) is 2. The van der Waals surface area contributed by atoms with E-state index in [0.717, 1.165) is 11.1 Å². The standard InChI is InChI=1S/C30H36Cl2N6O5/c1-3-15-43-30(42)33-14-8-7-11-25-28(40)36(18-22-12-13-23(31)24(32)16-22)19-26-37(25)27(39)20-35(2)38(26)29(41)34-17-21-9-5-4-6-10-21/h3-6,9-10,12-13,16,25-26H,1,7-8,11,14-15,17-20H2,2H3,(H,33,42)(H,34,41)/t25-,26-/m0/s1. The van der Waals surface area contributed by atoms with Gasteiger partial charge in [0.25, 0.3) is 0 Å². The van der Waals surface area contributed by atoms with Crippen molar-refractivity contribution >= 4 is 47.1 Å². The largest absolute Gasteiger partial charge is 0.445 e. The van der Waals surface area contributed by atoms with Crippen LogP contribution in [-0.4, -0.2) is 89.3 Å². The van der Waals surface area contributed by atoms with Gasteiger partial charge >= 0.3 is 12.1 Å². The van der Waals surface area contributed by atoms with E-state index in [1.54, 1.807) is 40.1 Å². The molecule has 2 atom stereocenters. The monoisotopic (exact) mass is 630 g/mol. The van der Waals surface area contributed by atoms with E-state index in [-0.39, 0.29) is 44.1 Å². The van der Waals surface area contributed by atoms with E-state index >= 15 is 0 Å². The number of hydrazine groups is 1. The second-order valence-corrected chi connectivity index (χ2v) is 11.2. The molecule has 5 amide bonds. The van der Waals surface area contributed by atoms with Crippen molar-refractivity contribution in [1.82, 2.24) is 30.5 Å². The lowest BCUT2D eigenvalue weighted by Crippen LogP contribution is -2.75. The molecule has 13 heteroatoms. The summed E-state index contributed by atoms with van der Waals surface area (Å²) in [5.74, 6) is -0.457. The van der Waals surface area contributed by atoms with Crippen LogP contribution in [0.15, 0.2) is 61.2 Å². The van der Waals surface area contributed by atoms with Gasteiger partial charge in [-0.1, -0.05) is 72.3 Å². The van der Waals surface area contributed by atoms with Crippen molar-refractivity contribution in [2.45, 2.75) is 44.6 Å². The maximum atomic E-state index is 13.9. The first-order valence-corrected chi connectivity index (χ1v) is 14.8. The predicted molar refractivity (Wildman–Crippen MR) is 163 cm³/mol. The van der Waals surface area contributed by atoms with Crippen molar-refractivity contribution in [3.63, 3.8) is 0 Å². The number of amides is 5. The van der Waals surface area contributed by atoms with Crippen LogP contribution >= 0.6 is 23.2 Å². The maximum Gasteiger partial charge on any atom is 0.407 e. The van der Waals surface area contributed by atoms with Gasteiger partial charge in [-0.2, -0.15) is 0 Å². The van der Waals surface area contributed by atoms with Crippen LogP contribution in [-0.2, 0) is 27.4 Å². The molecule has 2 N–H and O–H groups in total. The minimum absolute atomic E-state index is 0.0530. The second kappa shape index (κ2) is 15.1. The first-order chi connectivity index (χ1) is 20.7. The van der Waals surface area contributed by atoms with Gasteiger partial charge in [-0.05, 0) is 42.5 Å². The lowest BCUT2D eigenvalue weighted by molar-refractivity contribution is -0.188. The van der Waals surface area contributed by atoms with E-state index in [1.165, 1.54) is 11.1 Å². The molecule has 2 aliphatic rings. The summed E-state index contributed by atoms with van der Waals surface area (Å²) in [5, 5.41) is 9.49. The van der Waals surface area contributed by atoms with Crippen LogP contribution in [0.1, 0.15) is 30.4 Å². The summed E-state index contributed by atoms with van der Waals surface area (Å²) in [4.78, 5) is 55.8. The highest BCUT2D eigenvalue weighted by molar-refractivity contribution is 6.42. The van der Waals surface area contributed by atoms with Crippen molar-refractivity contribution in [3.05, 3.63) is 82.4 Å². The quantitative estimate of drug-likeness (QED) is 0.286. The zero-order valence-electron chi connectivity index (χ0n) is 24.0. The van der Waals surface area contributed by atoms with E-state index < -0.39 is 18.3 Å². The number of fused-ring (bicyclic) bond motifs is 1. The smallest absolute Gasteiger partial charge is 0.407 e. The topological polar surface area (TPSA) is 115 Å². The van der Waals surface area contributed by atoms with E-state index in [4.69, 9.17) is 27.9 Å². The number of alkyl carbamates (subject to hydrolysis) is 1. The summed E-state index contributed by atoms with van der Waals surface area (Å²) < 4.78 is 4.92. The molecule has 43 heavy (non-hydrogen) atoms. The van der Waals surface area contributed by atoms with Crippen LogP contribution in [0.5, 0.6) is 0 Å². The fourth-order valence-corrected chi connectivity index (χ4v) is 5.60. The van der Waals surface area contributed by atoms with Crippen molar-refractivity contribution < 1.29 is 23.9 Å². The van der Waals surface area contributed by atoms with Gasteiger partial charge in [0.2, 0.25) is 11.8 Å². The molecule has 11 nitrogen and oxygen atoms in total. The van der Waals surface area contributed by atoms with E-state index in [0.29, 0.717) is 42.4 Å². The molecule has 0 saturated carbocycles. The number of urea groups is 1. The number of nitrogens with one attached hydrogen (secondary N) is 2. The number of halogens is 2. The van der Waals surface area contributed by atoms with Gasteiger partial charge in [-0.15, -0.1) is 0 Å². The summed E-state index contributed by atoms with van der Waals surface area (Å²) in [6, 6.07) is 13.5. The van der Waals surface area contributed by atoms with Crippen molar-refractivity contribution in [1.29, 1.82) is 0 Å². The van der Waals surface area contributed by atoms with Crippen LogP contribution in [0.3, 0.4) is 0 Å². The van der Waals surface area contributed by atoms with Crippen LogP contribution in [0, 0.1) is 0 Å². The van der Waals surface area contributed by atoms with Crippen molar-refractivity contribution in [2.75, 3.05) is 33.3 Å². The molecule has 0 aromatic heterocycles. The highest BCUT2D eigenvalue weighted by Gasteiger charge is 2.50. The lowest BCUT2D eigenvalue weighted by Gasteiger charge is -2.54. The predicted octanol–water partition coefficient (Wildman–Crippen LogP) is 4.01. The number of nitrogens with zero attached hydrogens (tertiary/aromatic N) is 4. The highest BCUT2D eigenvalue weighted by atomic mass is 35.5. The molecule has 0 spiro atoms. The number of unbranched alkanes of at least 4 members (excludes halogenated alkanes) is 1. The van der Waals surface area contributed by atoms with Crippen LogP contribution in [0.2, 0.25) is 10.0 Å². The fourth-order valence-electron chi connectivity index (χ4n) is 5.28. The number of rotatable bonds is 11. The molecule has 2 aromatic rings. The minimum Gasteiger partial charge on any atom is -0.445 e. The maximum absolute atomic E-state index is 13.9. The Kier molecular flexibility index (Phi) is 11.3. The lowest BCUT2D eigenvalue weighted by atomic mass is 10.00. The SMILES string of the molecule is C=CCOC(=O)NCCCC[C@H]1C(=O)N(Cc2ccc(Cl)c(Cl)c2)C[C@H]2N1C(=O)CN(C)N2C(=O)NCc1ccccc1. The van der Waals surface area contributed by atoms with Crippen molar-refractivity contribution in [2.24, 2.45) is 0 Å². The van der Waals surface area contributed by atoms with E-state index in [1.807, 2.05) is 30.3 Å². The Morgan fingerprint density at radius 1 is 1.05 bits per heavy atom. The van der Waals surface area contributed by atoms with Gasteiger partial charge in [-0.25, -0.2) is 19.6 Å². The molecular weight excluding hydrogens is 595 g/mol. The molecule has 4 rings (SSSR count). The third-order valence-corrected chi connectivity index (χ3v) is 8.04.